The molecule has 0 spiro atoms. The molecule has 1 fully saturated rings. The molecule has 0 saturated carbocycles. The third kappa shape index (κ3) is 6.64. The van der Waals surface area contributed by atoms with Crippen LogP contribution in [0.2, 0.25) is 0 Å². The second-order valence-electron chi connectivity index (χ2n) is 6.31. The van der Waals surface area contributed by atoms with E-state index in [1.807, 2.05) is 6.07 Å². The molecule has 0 radical (unpaired) electrons. The summed E-state index contributed by atoms with van der Waals surface area (Å²) in [6.07, 6.45) is 3.07. The van der Waals surface area contributed by atoms with Crippen LogP contribution < -0.4 is 10.0 Å². The number of nitrogens with one attached hydrogen (secondary N) is 2. The fourth-order valence-corrected chi connectivity index (χ4v) is 3.54. The van der Waals surface area contributed by atoms with Crippen molar-refractivity contribution in [2.24, 2.45) is 0 Å². The molecule has 3 N–H and O–H groups in total. The average molecular weight is 385 g/mol. The van der Waals surface area contributed by atoms with Gasteiger partial charge in [0.15, 0.2) is 0 Å². The van der Waals surface area contributed by atoms with Gasteiger partial charge in [-0.05, 0) is 38.3 Å². The van der Waals surface area contributed by atoms with Crippen molar-refractivity contribution in [3.8, 4) is 0 Å². The van der Waals surface area contributed by atoms with Crippen molar-refractivity contribution in [2.75, 3.05) is 18.9 Å². The lowest BCUT2D eigenvalue weighted by molar-refractivity contribution is -0.127. The largest absolute Gasteiger partial charge is 0.394 e. The van der Waals surface area contributed by atoms with E-state index < -0.39 is 16.1 Å². The molecule has 0 unspecified atom stereocenters. The van der Waals surface area contributed by atoms with Crippen molar-refractivity contribution >= 4 is 15.9 Å². The molecule has 2 heterocycles. The lowest BCUT2D eigenvalue weighted by atomic mass is 9.97. The van der Waals surface area contributed by atoms with Crippen molar-refractivity contribution in [3.05, 3.63) is 30.1 Å². The summed E-state index contributed by atoms with van der Waals surface area (Å²) in [5.41, 5.74) is 0.684. The first-order valence-electron chi connectivity index (χ1n) is 8.86. The van der Waals surface area contributed by atoms with E-state index in [4.69, 9.17) is 4.74 Å². The zero-order valence-corrected chi connectivity index (χ0v) is 15.7. The van der Waals surface area contributed by atoms with Crippen LogP contribution in [0.15, 0.2) is 24.4 Å². The molecule has 1 aliphatic rings. The standard InChI is InChI=1S/C17H27N3O5S/c1-2-26(23,24)19-10-8-14-6-7-15(16(12-21)25-14)20-17(22)11-13-5-3-4-9-18-13/h3-5,9,14-16,19,21H,2,6-8,10-12H2,1H3,(H,20,22)/t14-,15-,16+/m1/s1. The quantitative estimate of drug-likeness (QED) is 0.550. The number of carbonyl (C=O) groups is 1. The van der Waals surface area contributed by atoms with Gasteiger partial charge in [-0.2, -0.15) is 0 Å². The van der Waals surface area contributed by atoms with E-state index in [-0.39, 0.29) is 36.8 Å². The Morgan fingerprint density at radius 1 is 1.38 bits per heavy atom. The van der Waals surface area contributed by atoms with E-state index in [1.54, 1.807) is 25.3 Å². The summed E-state index contributed by atoms with van der Waals surface area (Å²) in [7, 11) is -3.21. The lowest BCUT2D eigenvalue weighted by Crippen LogP contribution is -2.51. The van der Waals surface area contributed by atoms with Crippen molar-refractivity contribution in [1.82, 2.24) is 15.0 Å². The number of aromatic nitrogens is 1. The molecule has 0 aromatic carbocycles. The van der Waals surface area contributed by atoms with Gasteiger partial charge in [0.2, 0.25) is 15.9 Å². The number of aliphatic hydroxyl groups is 1. The highest BCUT2D eigenvalue weighted by atomic mass is 32.2. The molecule has 1 aromatic rings. The van der Waals surface area contributed by atoms with Gasteiger partial charge in [0, 0.05) is 18.4 Å². The van der Waals surface area contributed by atoms with Crippen molar-refractivity contribution in [1.29, 1.82) is 0 Å². The van der Waals surface area contributed by atoms with Gasteiger partial charge in [0.05, 0.1) is 30.9 Å². The predicted octanol–water partition coefficient (Wildman–Crippen LogP) is -0.0218. The summed E-state index contributed by atoms with van der Waals surface area (Å²) in [5, 5.41) is 12.5. The van der Waals surface area contributed by atoms with Crippen LogP contribution in [0.25, 0.3) is 0 Å². The van der Waals surface area contributed by atoms with Crippen LogP contribution in [0.4, 0.5) is 0 Å². The number of sulfonamides is 1. The van der Waals surface area contributed by atoms with Gasteiger partial charge in [-0.3, -0.25) is 9.78 Å². The summed E-state index contributed by atoms with van der Waals surface area (Å²) in [4.78, 5) is 16.3. The van der Waals surface area contributed by atoms with Gasteiger partial charge in [-0.25, -0.2) is 13.1 Å². The number of pyridine rings is 1. The van der Waals surface area contributed by atoms with E-state index in [1.165, 1.54) is 0 Å². The molecular weight excluding hydrogens is 358 g/mol. The first kappa shape index (κ1) is 20.8. The van der Waals surface area contributed by atoms with Crippen LogP contribution in [0, 0.1) is 0 Å². The second kappa shape index (κ2) is 9.96. The van der Waals surface area contributed by atoms with Gasteiger partial charge < -0.3 is 15.2 Å². The molecule has 9 heteroatoms. The average Bonchev–Trinajstić information content (AvgIpc) is 2.63. The second-order valence-corrected chi connectivity index (χ2v) is 8.41. The molecule has 1 saturated heterocycles. The van der Waals surface area contributed by atoms with E-state index >= 15 is 0 Å². The van der Waals surface area contributed by atoms with E-state index in [9.17, 15) is 18.3 Å². The Labute approximate surface area is 154 Å². The van der Waals surface area contributed by atoms with Gasteiger partial charge in [-0.1, -0.05) is 6.07 Å². The smallest absolute Gasteiger partial charge is 0.226 e. The Morgan fingerprint density at radius 3 is 2.85 bits per heavy atom. The van der Waals surface area contributed by atoms with E-state index in [0.29, 0.717) is 31.5 Å². The minimum absolute atomic E-state index is 0.0438. The third-order valence-electron chi connectivity index (χ3n) is 4.38. The van der Waals surface area contributed by atoms with Crippen LogP contribution in [0.1, 0.15) is 31.9 Å². The molecule has 26 heavy (non-hydrogen) atoms. The molecular formula is C17H27N3O5S. The highest BCUT2D eigenvalue weighted by molar-refractivity contribution is 7.89. The van der Waals surface area contributed by atoms with Gasteiger partial charge in [0.25, 0.3) is 0 Å². The minimum atomic E-state index is -3.21. The van der Waals surface area contributed by atoms with Gasteiger partial charge in [0.1, 0.15) is 6.10 Å². The van der Waals surface area contributed by atoms with Crippen LogP contribution in [-0.4, -0.2) is 61.6 Å². The van der Waals surface area contributed by atoms with Crippen LogP contribution in [0.5, 0.6) is 0 Å². The number of carbonyl (C=O) groups excluding carboxylic acids is 1. The number of nitrogens with zero attached hydrogens (tertiary/aromatic N) is 1. The Morgan fingerprint density at radius 2 is 2.19 bits per heavy atom. The van der Waals surface area contributed by atoms with E-state index in [0.717, 1.165) is 0 Å². The predicted molar refractivity (Wildman–Crippen MR) is 96.9 cm³/mol. The fraction of sp³-hybridized carbons (Fsp3) is 0.647. The number of aliphatic hydroxyl groups excluding tert-OH is 1. The highest BCUT2D eigenvalue weighted by Crippen LogP contribution is 2.21. The fourth-order valence-electron chi connectivity index (χ4n) is 2.91. The monoisotopic (exact) mass is 385 g/mol. The molecule has 3 atom stereocenters. The molecule has 0 aliphatic carbocycles. The topological polar surface area (TPSA) is 118 Å². The number of hydrogen-bond acceptors (Lipinski definition) is 6. The Kier molecular flexibility index (Phi) is 7.95. The first-order chi connectivity index (χ1) is 12.4. The third-order valence-corrected chi connectivity index (χ3v) is 5.78. The summed E-state index contributed by atoms with van der Waals surface area (Å²) < 4.78 is 31.2. The highest BCUT2D eigenvalue weighted by Gasteiger charge is 2.31. The van der Waals surface area contributed by atoms with E-state index in [2.05, 4.69) is 15.0 Å². The molecule has 1 aromatic heterocycles. The van der Waals surface area contributed by atoms with Crippen molar-refractivity contribution < 1.29 is 23.1 Å². The number of ether oxygens (including phenoxy) is 1. The molecule has 0 bridgehead atoms. The molecule has 8 nitrogen and oxygen atoms in total. The normalized spacial score (nSPS) is 23.5. The van der Waals surface area contributed by atoms with Crippen LogP contribution in [0.3, 0.4) is 0 Å². The zero-order chi connectivity index (χ0) is 19.0. The summed E-state index contributed by atoms with van der Waals surface area (Å²) in [6.45, 7) is 1.68. The zero-order valence-electron chi connectivity index (χ0n) is 14.9. The van der Waals surface area contributed by atoms with Gasteiger partial charge in [-0.15, -0.1) is 0 Å². The van der Waals surface area contributed by atoms with Crippen molar-refractivity contribution in [3.63, 3.8) is 0 Å². The van der Waals surface area contributed by atoms with Crippen LogP contribution in [-0.2, 0) is 26.0 Å². The molecule has 2 rings (SSSR count). The molecule has 1 amide bonds. The maximum absolute atomic E-state index is 12.2. The Bertz CT molecular complexity index is 668. The number of rotatable bonds is 9. The summed E-state index contributed by atoms with van der Waals surface area (Å²) in [6, 6.07) is 5.14. The SMILES string of the molecule is CCS(=O)(=O)NCC[C@H]1CC[C@@H](NC(=O)Cc2ccccn2)[C@H](CO)O1. The molecule has 146 valence electrons. The Hall–Kier alpha value is -1.55. The van der Waals surface area contributed by atoms with Crippen LogP contribution >= 0.6 is 0 Å². The Balaban J connectivity index is 1.79. The lowest BCUT2D eigenvalue weighted by Gasteiger charge is -2.36. The molecule has 1 aliphatic heterocycles. The summed E-state index contributed by atoms with van der Waals surface area (Å²) in [5.74, 6) is -0.118. The van der Waals surface area contributed by atoms with Crippen molar-refractivity contribution in [2.45, 2.75) is 50.9 Å². The maximum atomic E-state index is 12.2. The first-order valence-corrected chi connectivity index (χ1v) is 10.5. The maximum Gasteiger partial charge on any atom is 0.226 e. The van der Waals surface area contributed by atoms with Gasteiger partial charge >= 0.3 is 0 Å². The summed E-state index contributed by atoms with van der Waals surface area (Å²) >= 11 is 0. The minimum Gasteiger partial charge on any atom is -0.394 e. The number of hydrogen-bond donors (Lipinski definition) is 3. The number of amides is 1.